The van der Waals surface area contributed by atoms with Gasteiger partial charge in [0.15, 0.2) is 0 Å². The third-order valence-electron chi connectivity index (χ3n) is 25.5. The van der Waals surface area contributed by atoms with Crippen molar-refractivity contribution in [3.63, 3.8) is 0 Å². The van der Waals surface area contributed by atoms with Crippen molar-refractivity contribution in [3.8, 4) is 100 Å². The highest BCUT2D eigenvalue weighted by Crippen LogP contribution is 2.59. The molecule has 0 amide bonds. The zero-order chi connectivity index (χ0) is 157. The minimum absolute atomic E-state index is 0.00184. The van der Waals surface area contributed by atoms with Crippen LogP contribution in [0, 0.1) is 0 Å². The minimum Gasteiger partial charge on any atom is -0.455 e. The number of hydrogen-bond donors (Lipinski definition) is 0. The lowest BCUT2D eigenvalue weighted by Gasteiger charge is -2.23. The van der Waals surface area contributed by atoms with E-state index in [4.69, 9.17) is 74.9 Å². The number of rotatable bonds is 6. The zero-order valence-electron chi connectivity index (χ0n) is 146. The summed E-state index contributed by atoms with van der Waals surface area (Å²) in [6.45, 7) is 3.92. The van der Waals surface area contributed by atoms with Crippen LogP contribution >= 0.6 is 0 Å². The molecule has 1 atom stereocenters. The van der Waals surface area contributed by atoms with Crippen LogP contribution in [-0.2, 0) is 16.2 Å². The van der Waals surface area contributed by atoms with Gasteiger partial charge in [-0.2, -0.15) is 0 Å². The Morgan fingerprint density at radius 3 is 0.826 bits per heavy atom. The van der Waals surface area contributed by atoms with Gasteiger partial charge in [0.1, 0.15) is 33.5 Å². The number of fused-ring (bicyclic) bond motifs is 30. The number of hydrogen-bond acceptors (Lipinski definition) is 3. The van der Waals surface area contributed by atoms with Crippen molar-refractivity contribution in [2.45, 2.75) is 57.7 Å². The Morgan fingerprint density at radius 1 is 0.167 bits per heavy atom. The largest absolute Gasteiger partial charge is 0.455 e. The maximum absolute atomic E-state index is 9.94. The van der Waals surface area contributed by atoms with E-state index in [2.05, 4.69) is 0 Å². The van der Waals surface area contributed by atoms with Crippen molar-refractivity contribution < 1.29 is 116 Å². The highest BCUT2D eigenvalue weighted by molar-refractivity contribution is 6.28. The molecule has 0 spiro atoms. The molecule has 3 aliphatic rings. The SMILES string of the molecule is [2H]c1c([2H])c([2H])c2c(c1[2H])-c1c(-c3c4c([2H])c([2H])c([2H])c([2H])c4c(-c4c([2H])c([2H])c5oc6c7c([2H])c([2H])c([2H])c([2H])c7c([2H])c([2H])c6c5c4[2H])c4c([2H])c([2H])c([2H])c([2H])c34)c([2H])c([2H])c([2H])c1C2(C)C.[2H]c1c([2H])c([2H])c2c(c1[2H])-c1c([2H])c(-c3c4c([2H])c([2H])c([2H])c([2H])c4c(-c4c([2H])c([2H])c5oc6c7c([2H])c([2H])c([2H])c([2H])c7c([2H])c([2H])c6c5c4[2H])c4c([2H])c([2H])c([2H])c([2H])c34)c([2H])c([2H])c1C2(C)C.[2H]c1c([2H])c([2H])c2c(c1[2H])-c1c([2H])c([2H])c(-c3c4c([2H])c([2H])c([2H])c([2H])c4c(-c4c([2H])c([2H])c5oc6c7c([2H])c([2H])c([2H])c([2H])c7c([2H])c([2H])c6c5c4[2H])c4c([2H])c([2H])c([2H])c([2H])c34)c([2H])c1C2(C)C([2H])([2H])[2H]. The Kier molecular flexibility index (Phi) is 7.62. The summed E-state index contributed by atoms with van der Waals surface area (Å²) in [5, 5.41) is -13.0. The van der Waals surface area contributed by atoms with Crippen LogP contribution in [0.4, 0.5) is 0 Å². The van der Waals surface area contributed by atoms with Gasteiger partial charge >= 0.3 is 0 Å². The maximum atomic E-state index is 9.94. The van der Waals surface area contributed by atoms with Gasteiger partial charge < -0.3 is 13.3 Å². The van der Waals surface area contributed by atoms with Gasteiger partial charge in [0, 0.05) is 68.8 Å². The molecule has 3 nitrogen and oxygen atoms in total. The van der Waals surface area contributed by atoms with Crippen LogP contribution in [0.1, 0.15) is 178 Å². The Morgan fingerprint density at radius 2 is 0.435 bits per heavy atom. The normalized spacial score (nSPS) is 22.0. The van der Waals surface area contributed by atoms with E-state index in [-0.39, 0.29) is 55.3 Å². The third-order valence-corrected chi connectivity index (χ3v) is 25.5. The van der Waals surface area contributed by atoms with Crippen LogP contribution in [0.25, 0.3) is 263 Å². The summed E-state index contributed by atoms with van der Waals surface area (Å²) in [7, 11) is 0. The predicted molar refractivity (Wildman–Crippen MR) is 584 cm³/mol. The van der Waals surface area contributed by atoms with E-state index in [0.717, 1.165) is 6.92 Å². The predicted octanol–water partition coefficient (Wildman–Crippen LogP) is 38.1. The van der Waals surface area contributed by atoms with Crippen LogP contribution in [0.3, 0.4) is 0 Å². The number of furan rings is 3. The van der Waals surface area contributed by atoms with E-state index < -0.39 is 699 Å². The minimum atomic E-state index is -3.29. The first-order valence-electron chi connectivity index (χ1n) is 79.7. The topological polar surface area (TPSA) is 39.4 Å². The summed E-state index contributed by atoms with van der Waals surface area (Å²) in [6, 6.07) is -58.6. The molecule has 24 aromatic carbocycles. The van der Waals surface area contributed by atoms with Gasteiger partial charge in [0.2, 0.25) is 0 Å². The second kappa shape index (κ2) is 30.0. The first kappa shape index (κ1) is 35.0. The molecule has 0 saturated heterocycles. The van der Waals surface area contributed by atoms with Gasteiger partial charge in [0.05, 0.1) is 98.7 Å². The summed E-state index contributed by atoms with van der Waals surface area (Å²) < 4.78 is 698. The first-order chi connectivity index (χ1) is 99.0. The molecular formula is C135H90O3. The van der Waals surface area contributed by atoms with Crippen molar-refractivity contribution >= 4 is 163 Å². The third kappa shape index (κ3) is 11.7. The summed E-state index contributed by atoms with van der Waals surface area (Å²) in [5.74, 6) is 0. The van der Waals surface area contributed by atoms with E-state index in [0.29, 0.717) is 0 Å². The Balaban J connectivity index is 0.000000140. The zero-order valence-corrected chi connectivity index (χ0v) is 71.2. The van der Waals surface area contributed by atoms with Crippen LogP contribution in [0.5, 0.6) is 0 Å². The highest BCUT2D eigenvalue weighted by atomic mass is 16.3. The maximum Gasteiger partial charge on any atom is 0.143 e. The molecule has 3 aliphatic carbocycles. The molecular weight excluding hydrogens is 1670 g/mol. The molecule has 0 N–H and O–H groups in total. The van der Waals surface area contributed by atoms with Crippen LogP contribution < -0.4 is 0 Å². The van der Waals surface area contributed by atoms with Gasteiger partial charge in [0.25, 0.3) is 0 Å². The van der Waals surface area contributed by atoms with Crippen LogP contribution in [0.15, 0.2) is 448 Å². The summed E-state index contributed by atoms with van der Waals surface area (Å²) >= 11 is 0. The molecule has 0 bridgehead atoms. The van der Waals surface area contributed by atoms with E-state index in [1.165, 1.54) is 13.8 Å². The van der Waals surface area contributed by atoms with Crippen molar-refractivity contribution in [1.82, 2.24) is 0 Å². The molecule has 1 unspecified atom stereocenters. The molecule has 0 aliphatic heterocycles. The Hall–Kier alpha value is -17.0. The molecule has 138 heavy (non-hydrogen) atoms. The second-order valence-electron chi connectivity index (χ2n) is 33.7. The lowest BCUT2D eigenvalue weighted by molar-refractivity contribution is 0.660. The van der Waals surface area contributed by atoms with Gasteiger partial charge in [-0.25, -0.2) is 0 Å². The van der Waals surface area contributed by atoms with Crippen LogP contribution in [0.2, 0.25) is 0 Å². The Bertz CT molecular complexity index is 14600. The fourth-order valence-corrected chi connectivity index (χ4v) is 19.3. The van der Waals surface area contributed by atoms with E-state index in [1.54, 1.807) is 13.8 Å². The van der Waals surface area contributed by atoms with Gasteiger partial charge in [-0.1, -0.05) is 410 Å². The lowest BCUT2D eigenvalue weighted by atomic mass is 9.80. The van der Waals surface area contributed by atoms with E-state index >= 15 is 0 Å². The summed E-state index contributed by atoms with van der Waals surface area (Å²) in [6.07, 6.45) is 0. The average molecular weight is 1840 g/mol. The monoisotopic (exact) mass is 1830 g/mol. The molecule has 0 radical (unpaired) electrons. The molecule has 27 aromatic rings. The van der Waals surface area contributed by atoms with Gasteiger partial charge in [-0.15, -0.1) is 0 Å². The molecule has 3 heterocycles. The molecule has 0 saturated carbocycles. The highest BCUT2D eigenvalue weighted by Gasteiger charge is 2.40. The quantitative estimate of drug-likeness (QED) is 0.156. The second-order valence-corrected chi connectivity index (χ2v) is 33.7. The standard InChI is InChI=1S/3C45H30O/c1-45(2)38-20-10-9-18-35(38)43-36(19-11-21-39(43)45)42-32-16-7-5-14-30(32)41(31-15-6-8-17-33(31)42)28-23-25-40-37(26-28)34-24-22-27-12-3-4-13-29(27)44(34)46-40;1-45(2)39-18-10-9-13-31(39)32-22-20-29(26-40(32)45)43-35-16-7-5-14-33(35)42(34-15-6-8-17-36(34)43)28-21-24-41-38(25-28)37-23-19-27-11-3-4-12-30(27)44(37)46-41;1-45(2)39-18-10-9-13-31(39)37-25-28(20-23-40(37)45)42-32-14-5-7-16-34(32)43(35-17-8-6-15-33(35)42)29-21-24-41-38(26-29)36-22-19-27-11-3-4-12-30(27)44(36)46-41/h3*3-26H,1-2H3/i3D,4D,5D,6D,7D,8D,9D,10D,11D,12D,13D,14D,15D,16D,17D,18D,19D,20D,21D,22D,23D,24D,25D,26D;1D3,3D,4D,5D,6D,7D,8D,9D,10D,11D,12D,13D,14D,15D,16D,17D,18D,19D,20D,21D,22D,23D,24D,25D,26D;3D,4D,5D,6D,7D,8D,9D,10D,11D,12D,13D,14D,15D,16D,17D,18D,19D,20D,21D,22D,23D,24D,25D,26D. The van der Waals surface area contributed by atoms with Crippen LogP contribution in [-0.4, -0.2) is 0 Å². The van der Waals surface area contributed by atoms with Crippen molar-refractivity contribution in [2.75, 3.05) is 0 Å². The summed E-state index contributed by atoms with van der Waals surface area (Å²) in [5.41, 5.74) is -19.8. The molecule has 3 aromatic heterocycles. The molecule has 0 fully saturated rings. The smallest absolute Gasteiger partial charge is 0.143 e. The van der Waals surface area contributed by atoms with Gasteiger partial charge in [-0.3, -0.25) is 0 Å². The van der Waals surface area contributed by atoms with E-state index in [1.807, 2.05) is 0 Å². The first-order valence-corrected chi connectivity index (χ1v) is 42.2. The molecule has 30 rings (SSSR count). The molecule has 3 heteroatoms. The van der Waals surface area contributed by atoms with Gasteiger partial charge in [-0.05, 0) is 281 Å². The van der Waals surface area contributed by atoms with Crippen molar-refractivity contribution in [2.24, 2.45) is 0 Å². The fraction of sp³-hybridized carbons (Fsp3) is 0.0667. The number of benzene rings is 24. The van der Waals surface area contributed by atoms with Crippen molar-refractivity contribution in [3.05, 3.63) is 468 Å². The Labute approximate surface area is 903 Å². The summed E-state index contributed by atoms with van der Waals surface area (Å²) in [4.78, 5) is 0. The average Bonchev–Trinajstić information content (AvgIpc) is 1.53. The fourth-order valence-electron chi connectivity index (χ4n) is 19.3. The van der Waals surface area contributed by atoms with E-state index in [9.17, 15) is 41.1 Å². The lowest BCUT2D eigenvalue weighted by Crippen LogP contribution is -2.14. The van der Waals surface area contributed by atoms with Crippen molar-refractivity contribution in [1.29, 1.82) is 0 Å². The molecule has 648 valence electrons.